The maximum absolute atomic E-state index is 10.5. The summed E-state index contributed by atoms with van der Waals surface area (Å²) in [6.07, 6.45) is 1.66. The highest BCUT2D eigenvalue weighted by Gasteiger charge is 2.04. The van der Waals surface area contributed by atoms with Crippen LogP contribution in [0.3, 0.4) is 0 Å². The maximum Gasteiger partial charge on any atom is 0.303 e. The largest absolute Gasteiger partial charge is 0.481 e. The van der Waals surface area contributed by atoms with Crippen molar-refractivity contribution < 1.29 is 9.90 Å². The molecule has 0 aliphatic heterocycles. The Balaban J connectivity index is 1.85. The van der Waals surface area contributed by atoms with E-state index in [2.05, 4.69) is 41.5 Å². The summed E-state index contributed by atoms with van der Waals surface area (Å²) in [6.45, 7) is 2.87. The molecule has 4 nitrogen and oxygen atoms in total. The fraction of sp³-hybridized carbons (Fsp3) is 0.333. The number of aromatic nitrogens is 1. The zero-order valence-electron chi connectivity index (χ0n) is 11.4. The van der Waals surface area contributed by atoms with Gasteiger partial charge in [0.25, 0.3) is 0 Å². The summed E-state index contributed by atoms with van der Waals surface area (Å²) in [5.74, 6) is -0.788. The van der Waals surface area contributed by atoms with E-state index in [1.54, 1.807) is 0 Å². The molecule has 1 aromatic heterocycles. The summed E-state index contributed by atoms with van der Waals surface area (Å²) in [5.41, 5.74) is 3.38. The smallest absolute Gasteiger partial charge is 0.303 e. The number of thiazole rings is 1. The molecule has 0 aliphatic rings. The summed E-state index contributed by atoms with van der Waals surface area (Å²) in [5, 5.41) is 14.6. The molecule has 20 heavy (non-hydrogen) atoms. The van der Waals surface area contributed by atoms with Gasteiger partial charge in [-0.25, -0.2) is 4.98 Å². The van der Waals surface area contributed by atoms with Gasteiger partial charge in [0, 0.05) is 18.3 Å². The second kappa shape index (κ2) is 7.05. The Morgan fingerprint density at radius 2 is 2.00 bits per heavy atom. The lowest BCUT2D eigenvalue weighted by Gasteiger charge is -2.04. The Bertz CT molecular complexity index is 564. The highest BCUT2D eigenvalue weighted by atomic mass is 32.1. The SMILES string of the molecule is CCc1ccc(CNc2nc(CCC(=O)O)cs2)cc1. The van der Waals surface area contributed by atoms with E-state index >= 15 is 0 Å². The van der Waals surface area contributed by atoms with Gasteiger partial charge >= 0.3 is 5.97 Å². The van der Waals surface area contributed by atoms with Crippen molar-refractivity contribution in [2.45, 2.75) is 32.7 Å². The van der Waals surface area contributed by atoms with Crippen molar-refractivity contribution in [2.24, 2.45) is 0 Å². The number of nitrogens with zero attached hydrogens (tertiary/aromatic N) is 1. The minimum absolute atomic E-state index is 0.127. The van der Waals surface area contributed by atoms with Crippen molar-refractivity contribution in [3.8, 4) is 0 Å². The quantitative estimate of drug-likeness (QED) is 0.821. The van der Waals surface area contributed by atoms with Crippen LogP contribution in [0.4, 0.5) is 5.13 Å². The molecule has 0 atom stereocenters. The van der Waals surface area contributed by atoms with Crippen LogP contribution in [0.5, 0.6) is 0 Å². The lowest BCUT2D eigenvalue weighted by atomic mass is 10.1. The number of rotatable bonds is 7. The van der Waals surface area contributed by atoms with E-state index in [1.807, 2.05) is 5.38 Å². The minimum atomic E-state index is -0.788. The van der Waals surface area contributed by atoms with E-state index in [0.717, 1.165) is 23.8 Å². The van der Waals surface area contributed by atoms with Gasteiger partial charge < -0.3 is 10.4 Å². The van der Waals surface area contributed by atoms with Crippen LogP contribution < -0.4 is 5.32 Å². The summed E-state index contributed by atoms with van der Waals surface area (Å²) >= 11 is 1.51. The summed E-state index contributed by atoms with van der Waals surface area (Å²) in [7, 11) is 0. The summed E-state index contributed by atoms with van der Waals surface area (Å²) < 4.78 is 0. The first-order chi connectivity index (χ1) is 9.67. The molecule has 0 radical (unpaired) electrons. The molecule has 0 spiro atoms. The Labute approximate surface area is 122 Å². The zero-order valence-corrected chi connectivity index (χ0v) is 12.2. The third kappa shape index (κ3) is 4.35. The van der Waals surface area contributed by atoms with Gasteiger partial charge in [-0.3, -0.25) is 4.79 Å². The Kier molecular flexibility index (Phi) is 5.12. The molecule has 5 heteroatoms. The van der Waals surface area contributed by atoms with Gasteiger partial charge in [0.15, 0.2) is 5.13 Å². The molecule has 2 N–H and O–H groups in total. The number of aryl methyl sites for hydroxylation is 2. The van der Waals surface area contributed by atoms with Crippen molar-refractivity contribution in [3.63, 3.8) is 0 Å². The molecular formula is C15H18N2O2S. The second-order valence-electron chi connectivity index (χ2n) is 4.56. The molecule has 106 valence electrons. The van der Waals surface area contributed by atoms with Gasteiger partial charge in [0.2, 0.25) is 0 Å². The van der Waals surface area contributed by atoms with Crippen molar-refractivity contribution in [1.29, 1.82) is 0 Å². The van der Waals surface area contributed by atoms with E-state index in [4.69, 9.17) is 5.11 Å². The number of anilines is 1. The number of carboxylic acid groups (broad SMARTS) is 1. The third-order valence-electron chi connectivity index (χ3n) is 3.02. The number of hydrogen-bond donors (Lipinski definition) is 2. The number of carboxylic acids is 1. The average molecular weight is 290 g/mol. The van der Waals surface area contributed by atoms with Crippen LogP contribution >= 0.6 is 11.3 Å². The number of hydrogen-bond acceptors (Lipinski definition) is 4. The molecule has 0 aliphatic carbocycles. The Morgan fingerprint density at radius 1 is 1.30 bits per heavy atom. The molecule has 0 saturated heterocycles. The predicted molar refractivity (Wildman–Crippen MR) is 81.2 cm³/mol. The molecule has 0 fully saturated rings. The number of nitrogens with one attached hydrogen (secondary N) is 1. The molecule has 1 heterocycles. The highest BCUT2D eigenvalue weighted by Crippen LogP contribution is 2.17. The number of aliphatic carboxylic acids is 1. The fourth-order valence-corrected chi connectivity index (χ4v) is 2.55. The van der Waals surface area contributed by atoms with E-state index in [1.165, 1.54) is 22.5 Å². The second-order valence-corrected chi connectivity index (χ2v) is 5.42. The lowest BCUT2D eigenvalue weighted by Crippen LogP contribution is -2.00. The topological polar surface area (TPSA) is 62.2 Å². The van der Waals surface area contributed by atoms with Crippen molar-refractivity contribution >= 4 is 22.4 Å². The van der Waals surface area contributed by atoms with Crippen LogP contribution in [0.25, 0.3) is 0 Å². The van der Waals surface area contributed by atoms with Crippen LogP contribution in [-0.2, 0) is 24.2 Å². The molecule has 0 amide bonds. The van der Waals surface area contributed by atoms with Crippen LogP contribution in [0, 0.1) is 0 Å². The molecule has 0 saturated carbocycles. The van der Waals surface area contributed by atoms with Crippen LogP contribution in [-0.4, -0.2) is 16.1 Å². The fourth-order valence-electron chi connectivity index (χ4n) is 1.81. The van der Waals surface area contributed by atoms with E-state index in [0.29, 0.717) is 6.42 Å². The lowest BCUT2D eigenvalue weighted by molar-refractivity contribution is -0.136. The molecule has 0 unspecified atom stereocenters. The maximum atomic E-state index is 10.5. The van der Waals surface area contributed by atoms with Crippen molar-refractivity contribution in [3.05, 3.63) is 46.5 Å². The third-order valence-corrected chi connectivity index (χ3v) is 3.87. The van der Waals surface area contributed by atoms with Gasteiger partial charge in [-0.15, -0.1) is 11.3 Å². The van der Waals surface area contributed by atoms with Gasteiger partial charge in [-0.1, -0.05) is 31.2 Å². The first kappa shape index (κ1) is 14.5. The van der Waals surface area contributed by atoms with E-state index < -0.39 is 5.97 Å². The molecule has 1 aromatic carbocycles. The highest BCUT2D eigenvalue weighted by molar-refractivity contribution is 7.13. The molecule has 2 rings (SSSR count). The predicted octanol–water partition coefficient (Wildman–Crippen LogP) is 3.33. The van der Waals surface area contributed by atoms with Crippen molar-refractivity contribution in [1.82, 2.24) is 4.98 Å². The van der Waals surface area contributed by atoms with Gasteiger partial charge in [0.1, 0.15) is 0 Å². The van der Waals surface area contributed by atoms with Crippen molar-refractivity contribution in [2.75, 3.05) is 5.32 Å². The molecule has 2 aromatic rings. The molecule has 0 bridgehead atoms. The normalized spacial score (nSPS) is 10.4. The monoisotopic (exact) mass is 290 g/mol. The minimum Gasteiger partial charge on any atom is -0.481 e. The first-order valence-electron chi connectivity index (χ1n) is 6.65. The van der Waals surface area contributed by atoms with Gasteiger partial charge in [0.05, 0.1) is 12.1 Å². The summed E-state index contributed by atoms with van der Waals surface area (Å²) in [4.78, 5) is 14.9. The van der Waals surface area contributed by atoms with Crippen LogP contribution in [0.2, 0.25) is 0 Å². The number of benzene rings is 1. The molecular weight excluding hydrogens is 272 g/mol. The Hall–Kier alpha value is -1.88. The first-order valence-corrected chi connectivity index (χ1v) is 7.53. The number of carbonyl (C=O) groups is 1. The average Bonchev–Trinajstić information content (AvgIpc) is 2.91. The van der Waals surface area contributed by atoms with Gasteiger partial charge in [-0.05, 0) is 17.5 Å². The zero-order chi connectivity index (χ0) is 14.4. The van der Waals surface area contributed by atoms with Crippen LogP contribution in [0.1, 0.15) is 30.2 Å². The standard InChI is InChI=1S/C15H18N2O2S/c1-2-11-3-5-12(6-4-11)9-16-15-17-13(10-20-15)7-8-14(18)19/h3-6,10H,2,7-9H2,1H3,(H,16,17)(H,18,19). The van der Waals surface area contributed by atoms with Crippen LogP contribution in [0.15, 0.2) is 29.6 Å². The van der Waals surface area contributed by atoms with Gasteiger partial charge in [-0.2, -0.15) is 0 Å². The van der Waals surface area contributed by atoms with E-state index in [9.17, 15) is 4.79 Å². The Morgan fingerprint density at radius 3 is 2.65 bits per heavy atom. The van der Waals surface area contributed by atoms with E-state index in [-0.39, 0.29) is 6.42 Å². The summed E-state index contributed by atoms with van der Waals surface area (Å²) in [6, 6.07) is 8.50.